The molecule has 1 aliphatic heterocycles. The molecule has 1 saturated heterocycles. The third-order valence-corrected chi connectivity index (χ3v) is 5.57. The van der Waals surface area contributed by atoms with Crippen molar-refractivity contribution < 1.29 is 14.0 Å². The van der Waals surface area contributed by atoms with Crippen LogP contribution in [-0.2, 0) is 4.74 Å². The van der Waals surface area contributed by atoms with E-state index in [0.717, 1.165) is 76.2 Å². The summed E-state index contributed by atoms with van der Waals surface area (Å²) in [6.07, 6.45) is 3.87. The van der Waals surface area contributed by atoms with E-state index in [0.29, 0.717) is 11.9 Å². The molecule has 0 radical (unpaired) electrons. The molecule has 0 amide bonds. The molecule has 4 heterocycles. The predicted octanol–water partition coefficient (Wildman–Crippen LogP) is 4.29. The lowest BCUT2D eigenvalue weighted by Crippen LogP contribution is -2.15. The van der Waals surface area contributed by atoms with Crippen LogP contribution in [0.25, 0.3) is 33.1 Å². The van der Waals surface area contributed by atoms with Crippen LogP contribution in [0.4, 0.5) is 0 Å². The average molecular weight is 378 g/mol. The van der Waals surface area contributed by atoms with Crippen molar-refractivity contribution in [3.05, 3.63) is 35.4 Å². The quantitative estimate of drug-likeness (QED) is 0.572. The number of aromatic nitrogens is 4. The van der Waals surface area contributed by atoms with Crippen LogP contribution in [-0.4, -0.2) is 40.4 Å². The first kappa shape index (κ1) is 17.2. The van der Waals surface area contributed by atoms with E-state index in [-0.39, 0.29) is 0 Å². The van der Waals surface area contributed by atoms with Gasteiger partial charge in [0, 0.05) is 24.5 Å². The third kappa shape index (κ3) is 2.65. The van der Waals surface area contributed by atoms with Crippen molar-refractivity contribution in [2.24, 2.45) is 0 Å². The Labute approximate surface area is 162 Å². The zero-order chi connectivity index (χ0) is 19.3. The average Bonchev–Trinajstić information content (AvgIpc) is 3.32. The Morgan fingerprint density at radius 3 is 2.79 bits per heavy atom. The number of H-pyrrole nitrogens is 1. The number of imidazole rings is 1. The van der Waals surface area contributed by atoms with Gasteiger partial charge in [-0.15, -0.1) is 0 Å². The molecule has 7 heteroatoms. The molecule has 144 valence electrons. The van der Waals surface area contributed by atoms with Crippen molar-refractivity contribution in [1.82, 2.24) is 20.1 Å². The lowest BCUT2D eigenvalue weighted by Gasteiger charge is -2.19. The highest BCUT2D eigenvalue weighted by atomic mass is 16.6. The van der Waals surface area contributed by atoms with Gasteiger partial charge in [0.1, 0.15) is 5.82 Å². The molecule has 7 nitrogen and oxygen atoms in total. The molecule has 3 aromatic heterocycles. The summed E-state index contributed by atoms with van der Waals surface area (Å²) in [4.78, 5) is 13.1. The summed E-state index contributed by atoms with van der Waals surface area (Å²) in [5.74, 6) is 1.87. The number of methoxy groups -OCH3 is 1. The highest BCUT2D eigenvalue weighted by molar-refractivity contribution is 6.04. The molecular formula is C21H22N4O3. The number of fused-ring (bicyclic) bond motifs is 3. The number of hydrogen-bond donors (Lipinski definition) is 1. The molecule has 0 aliphatic carbocycles. The second kappa shape index (κ2) is 6.60. The highest BCUT2D eigenvalue weighted by Crippen LogP contribution is 2.38. The Hall–Kier alpha value is -2.93. The van der Waals surface area contributed by atoms with Crippen LogP contribution < -0.4 is 4.74 Å². The van der Waals surface area contributed by atoms with Crippen LogP contribution in [0.1, 0.15) is 35.8 Å². The van der Waals surface area contributed by atoms with Crippen molar-refractivity contribution in [3.63, 3.8) is 0 Å². The van der Waals surface area contributed by atoms with E-state index in [1.807, 2.05) is 13.1 Å². The number of hydrogen-bond acceptors (Lipinski definition) is 6. The molecule has 0 saturated carbocycles. The van der Waals surface area contributed by atoms with Gasteiger partial charge in [0.2, 0.25) is 0 Å². The van der Waals surface area contributed by atoms with Crippen molar-refractivity contribution in [1.29, 1.82) is 0 Å². The Morgan fingerprint density at radius 1 is 1.18 bits per heavy atom. The van der Waals surface area contributed by atoms with Gasteiger partial charge in [-0.25, -0.2) is 4.98 Å². The Kier molecular flexibility index (Phi) is 4.05. The van der Waals surface area contributed by atoms with Gasteiger partial charge in [0.15, 0.2) is 0 Å². The summed E-state index contributed by atoms with van der Waals surface area (Å²) >= 11 is 0. The first-order valence-corrected chi connectivity index (χ1v) is 9.53. The molecular weight excluding hydrogens is 356 g/mol. The molecule has 1 N–H and O–H groups in total. The topological polar surface area (TPSA) is 86.1 Å². The number of benzene rings is 1. The zero-order valence-electron chi connectivity index (χ0n) is 16.2. The summed E-state index contributed by atoms with van der Waals surface area (Å²) in [6, 6.07) is 4.20. The molecule has 28 heavy (non-hydrogen) atoms. The first-order chi connectivity index (χ1) is 13.7. The fourth-order valence-electron chi connectivity index (χ4n) is 4.06. The number of ether oxygens (including phenoxy) is 2. The second-order valence-electron chi connectivity index (χ2n) is 7.35. The van der Waals surface area contributed by atoms with Gasteiger partial charge >= 0.3 is 5.95 Å². The van der Waals surface area contributed by atoms with Crippen LogP contribution in [0.15, 0.2) is 22.9 Å². The van der Waals surface area contributed by atoms with Crippen LogP contribution in [0.2, 0.25) is 0 Å². The maximum atomic E-state index is 5.48. The SMILES string of the molecule is COc1onc(C)c1-c1cc2ncc3[nH]c(C4CCOCC4)nc3c2cc1C. The van der Waals surface area contributed by atoms with Gasteiger partial charge in [-0.3, -0.25) is 4.98 Å². The lowest BCUT2D eigenvalue weighted by atomic mass is 9.98. The van der Waals surface area contributed by atoms with Crippen molar-refractivity contribution in [2.45, 2.75) is 32.6 Å². The predicted molar refractivity (Wildman–Crippen MR) is 106 cm³/mol. The Balaban J connectivity index is 1.66. The van der Waals surface area contributed by atoms with Gasteiger partial charge < -0.3 is 19.0 Å². The lowest BCUT2D eigenvalue weighted by molar-refractivity contribution is 0.0838. The van der Waals surface area contributed by atoms with E-state index in [1.54, 1.807) is 7.11 Å². The van der Waals surface area contributed by atoms with Gasteiger partial charge in [-0.2, -0.15) is 0 Å². The normalized spacial score (nSPS) is 15.5. The van der Waals surface area contributed by atoms with E-state index in [2.05, 4.69) is 34.2 Å². The number of nitrogens with zero attached hydrogens (tertiary/aromatic N) is 3. The number of rotatable bonds is 3. The molecule has 0 atom stereocenters. The minimum atomic E-state index is 0.417. The summed E-state index contributed by atoms with van der Waals surface area (Å²) in [5, 5.41) is 5.08. The number of aromatic amines is 1. The minimum absolute atomic E-state index is 0.417. The molecule has 1 fully saturated rings. The molecule has 5 rings (SSSR count). The van der Waals surface area contributed by atoms with Crippen LogP contribution in [0.5, 0.6) is 5.95 Å². The van der Waals surface area contributed by atoms with Crippen LogP contribution >= 0.6 is 0 Å². The van der Waals surface area contributed by atoms with Gasteiger partial charge in [-0.05, 0) is 49.9 Å². The monoisotopic (exact) mass is 378 g/mol. The highest BCUT2D eigenvalue weighted by Gasteiger charge is 2.22. The van der Waals surface area contributed by atoms with Gasteiger partial charge in [0.05, 0.1) is 41.1 Å². The van der Waals surface area contributed by atoms with Crippen molar-refractivity contribution in [3.8, 4) is 17.1 Å². The second-order valence-corrected chi connectivity index (χ2v) is 7.35. The standard InChI is InChI=1S/C21H22N4O3/c1-11-8-15-16(9-14(11)18-12(2)25-28-21(18)26-3)22-10-17-19(15)24-20(23-17)13-4-6-27-7-5-13/h8-10,13H,4-7H2,1-3H3,(H,23,24). The van der Waals surface area contributed by atoms with Gasteiger partial charge in [0.25, 0.3) is 0 Å². The minimum Gasteiger partial charge on any atom is -0.467 e. The number of aryl methyl sites for hydroxylation is 2. The van der Waals surface area contributed by atoms with E-state index in [4.69, 9.17) is 19.0 Å². The molecule has 0 unspecified atom stereocenters. The fraction of sp³-hybridized carbons (Fsp3) is 0.381. The molecule has 4 aromatic rings. The number of pyridine rings is 1. The van der Waals surface area contributed by atoms with Crippen molar-refractivity contribution in [2.75, 3.05) is 20.3 Å². The third-order valence-electron chi connectivity index (χ3n) is 5.57. The van der Waals surface area contributed by atoms with Crippen LogP contribution in [0.3, 0.4) is 0 Å². The maximum absolute atomic E-state index is 5.48. The largest absolute Gasteiger partial charge is 0.467 e. The fourth-order valence-corrected chi connectivity index (χ4v) is 4.06. The number of nitrogens with one attached hydrogen (secondary N) is 1. The molecule has 1 aliphatic rings. The maximum Gasteiger partial charge on any atom is 0.319 e. The van der Waals surface area contributed by atoms with E-state index >= 15 is 0 Å². The summed E-state index contributed by atoms with van der Waals surface area (Å²) in [5.41, 5.74) is 6.60. The summed E-state index contributed by atoms with van der Waals surface area (Å²) in [6.45, 7) is 5.58. The van der Waals surface area contributed by atoms with E-state index < -0.39 is 0 Å². The summed E-state index contributed by atoms with van der Waals surface area (Å²) in [7, 11) is 1.59. The molecule has 0 spiro atoms. The van der Waals surface area contributed by atoms with Gasteiger partial charge in [-0.1, -0.05) is 5.16 Å². The smallest absolute Gasteiger partial charge is 0.319 e. The Bertz CT molecular complexity index is 1170. The van der Waals surface area contributed by atoms with Crippen molar-refractivity contribution >= 4 is 21.9 Å². The molecule has 0 bridgehead atoms. The van der Waals surface area contributed by atoms with E-state index in [9.17, 15) is 0 Å². The van der Waals surface area contributed by atoms with E-state index in [1.165, 1.54) is 0 Å². The molecule has 1 aromatic carbocycles. The summed E-state index contributed by atoms with van der Waals surface area (Å²) < 4.78 is 16.1. The first-order valence-electron chi connectivity index (χ1n) is 9.53. The zero-order valence-corrected chi connectivity index (χ0v) is 16.2. The Morgan fingerprint density at radius 2 is 2.00 bits per heavy atom. The van der Waals surface area contributed by atoms with Crippen LogP contribution in [0, 0.1) is 13.8 Å².